The molecule has 9 nitrogen and oxygen atoms in total. The summed E-state index contributed by atoms with van der Waals surface area (Å²) in [7, 11) is -6.55. The molecular formula is C23H32O9P2. The van der Waals surface area contributed by atoms with Crippen molar-refractivity contribution in [1.29, 1.82) is 0 Å². The van der Waals surface area contributed by atoms with Gasteiger partial charge in [0.1, 0.15) is 0 Å². The van der Waals surface area contributed by atoms with Gasteiger partial charge in [-0.15, -0.1) is 0 Å². The molecule has 0 aliphatic heterocycles. The smallest absolute Gasteiger partial charge is 0.361 e. The Morgan fingerprint density at radius 2 is 0.941 bits per heavy atom. The Morgan fingerprint density at radius 1 is 0.647 bits per heavy atom. The monoisotopic (exact) mass is 514 g/mol. The first-order valence-electron chi connectivity index (χ1n) is 10.8. The highest BCUT2D eigenvalue weighted by molar-refractivity contribution is 7.62. The quantitative estimate of drug-likeness (QED) is 0.306. The molecule has 0 fully saturated rings. The average molecular weight is 514 g/mol. The highest BCUT2D eigenvalue weighted by Gasteiger charge is 2.27. The molecule has 0 spiro atoms. The van der Waals surface area contributed by atoms with E-state index in [9.17, 15) is 18.7 Å². The van der Waals surface area contributed by atoms with Gasteiger partial charge in [-0.1, -0.05) is 12.1 Å². The Labute approximate surface area is 200 Å². The lowest BCUT2D eigenvalue weighted by molar-refractivity contribution is 0.0696. The molecule has 188 valence electrons. The molecule has 0 bridgehead atoms. The Morgan fingerprint density at radius 3 is 1.18 bits per heavy atom. The summed E-state index contributed by atoms with van der Waals surface area (Å²) in [6.07, 6.45) is 0. The van der Waals surface area contributed by atoms with Crippen molar-refractivity contribution in [2.24, 2.45) is 0 Å². The van der Waals surface area contributed by atoms with E-state index < -0.39 is 21.2 Å². The second kappa shape index (κ2) is 14.3. The zero-order valence-corrected chi connectivity index (χ0v) is 21.8. The van der Waals surface area contributed by atoms with Gasteiger partial charge in [-0.2, -0.15) is 0 Å². The van der Waals surface area contributed by atoms with Crippen LogP contribution in [0.5, 0.6) is 0 Å². The first-order chi connectivity index (χ1) is 16.1. The van der Waals surface area contributed by atoms with E-state index in [0.717, 1.165) is 0 Å². The molecule has 0 aromatic heterocycles. The lowest BCUT2D eigenvalue weighted by Gasteiger charge is -2.17. The lowest BCUT2D eigenvalue weighted by atomic mass is 10.2. The second-order valence-corrected chi connectivity index (χ2v) is 10.7. The van der Waals surface area contributed by atoms with Crippen molar-refractivity contribution in [3.63, 3.8) is 0 Å². The highest BCUT2D eigenvalue weighted by atomic mass is 31.2. The zero-order chi connectivity index (χ0) is 25.8. The van der Waals surface area contributed by atoms with Crippen LogP contribution in [0.3, 0.4) is 0 Å². The van der Waals surface area contributed by atoms with E-state index in [-0.39, 0.29) is 24.6 Å². The summed E-state index contributed by atoms with van der Waals surface area (Å²) < 4.78 is 45.4. The van der Waals surface area contributed by atoms with Gasteiger partial charge in [0.15, 0.2) is 5.78 Å². The van der Waals surface area contributed by atoms with Crippen LogP contribution in [-0.4, -0.2) is 43.3 Å². The van der Waals surface area contributed by atoms with Crippen LogP contribution >= 0.6 is 15.2 Å². The topological polar surface area (TPSA) is 125 Å². The van der Waals surface area contributed by atoms with Crippen molar-refractivity contribution < 1.29 is 41.9 Å². The molecule has 1 N–H and O–H groups in total. The van der Waals surface area contributed by atoms with E-state index in [0.29, 0.717) is 29.4 Å². The van der Waals surface area contributed by atoms with Crippen molar-refractivity contribution in [2.75, 3.05) is 26.4 Å². The summed E-state index contributed by atoms with van der Waals surface area (Å²) in [4.78, 5) is 21.8. The molecule has 0 saturated carbocycles. The Kier molecular flexibility index (Phi) is 12.6. The first-order valence-corrected chi connectivity index (χ1v) is 13.9. The van der Waals surface area contributed by atoms with Crippen molar-refractivity contribution in [2.45, 2.75) is 34.6 Å². The summed E-state index contributed by atoms with van der Waals surface area (Å²) in [5.41, 5.74) is 0.710. The van der Waals surface area contributed by atoms with Crippen LogP contribution < -0.4 is 10.6 Å². The maximum Gasteiger partial charge on any atom is 0.361 e. The van der Waals surface area contributed by atoms with Gasteiger partial charge in [-0.3, -0.25) is 13.9 Å². The molecule has 0 unspecified atom stereocenters. The third-order valence-electron chi connectivity index (χ3n) is 4.22. The van der Waals surface area contributed by atoms with Gasteiger partial charge in [0.2, 0.25) is 0 Å². The molecule has 2 rings (SSSR count). The predicted octanol–water partition coefficient (Wildman–Crippen LogP) is 5.06. The average Bonchev–Trinajstić information content (AvgIpc) is 2.80. The van der Waals surface area contributed by atoms with Gasteiger partial charge in [0.25, 0.3) is 0 Å². The van der Waals surface area contributed by atoms with E-state index in [1.807, 2.05) is 0 Å². The first kappa shape index (κ1) is 29.9. The number of ketones is 1. The van der Waals surface area contributed by atoms with Gasteiger partial charge in [0.05, 0.1) is 42.6 Å². The minimum Gasteiger partial charge on any atom is -0.478 e. The molecule has 11 heteroatoms. The van der Waals surface area contributed by atoms with Crippen LogP contribution in [-0.2, 0) is 27.2 Å². The normalized spacial score (nSPS) is 11.4. The number of benzene rings is 2. The standard InChI is InChI=1S/C12H17O4P.C11H15O5P/c1-4-15-17(14,16-5-2)12-8-6-11(7-9-12)10(3)13;1-3-15-17(14,16-4-2)10-7-5-9(6-8-10)11(12)13/h6-9H,4-5H2,1-3H3;5-8H,3-4H2,1-2H3,(H,12,13). The van der Waals surface area contributed by atoms with Crippen molar-refractivity contribution in [3.05, 3.63) is 59.7 Å². The van der Waals surface area contributed by atoms with Crippen LogP contribution in [0, 0.1) is 0 Å². The molecular weight excluding hydrogens is 482 g/mol. The number of hydrogen-bond acceptors (Lipinski definition) is 8. The minimum atomic E-state index is -3.31. The number of carboxylic acid groups (broad SMARTS) is 1. The van der Waals surface area contributed by atoms with Crippen molar-refractivity contribution >= 4 is 37.6 Å². The highest BCUT2D eigenvalue weighted by Crippen LogP contribution is 2.47. The molecule has 0 aliphatic rings. The molecule has 0 amide bonds. The van der Waals surface area contributed by atoms with Crippen LogP contribution in [0.2, 0.25) is 0 Å². The third-order valence-corrected chi connectivity index (χ3v) is 8.47. The maximum atomic E-state index is 12.4. The van der Waals surface area contributed by atoms with Gasteiger partial charge in [0, 0.05) is 5.56 Å². The van der Waals surface area contributed by atoms with Crippen LogP contribution in [0.1, 0.15) is 55.3 Å². The number of aromatic carboxylic acids is 1. The van der Waals surface area contributed by atoms with E-state index in [1.54, 1.807) is 52.0 Å². The molecule has 0 saturated heterocycles. The van der Waals surface area contributed by atoms with Gasteiger partial charge in [-0.25, -0.2) is 4.79 Å². The Bertz CT molecular complexity index is 914. The summed E-state index contributed by atoms with van der Waals surface area (Å²) in [5, 5.41) is 9.60. The summed E-state index contributed by atoms with van der Waals surface area (Å²) in [5.74, 6) is -1.06. The van der Waals surface area contributed by atoms with E-state index in [4.69, 9.17) is 23.2 Å². The molecule has 2 aromatic rings. The summed E-state index contributed by atoms with van der Waals surface area (Å²) in [6.45, 7) is 9.59. The Hall–Kier alpha value is -2.12. The molecule has 2 aromatic carbocycles. The fourth-order valence-corrected chi connectivity index (χ4v) is 5.85. The Balaban J connectivity index is 0.000000340. The number of carbonyl (C=O) groups is 2. The number of carbonyl (C=O) groups excluding carboxylic acids is 1. The summed E-state index contributed by atoms with van der Waals surface area (Å²) >= 11 is 0. The molecule has 0 atom stereocenters. The second-order valence-electron chi connectivity index (χ2n) is 6.62. The lowest BCUT2D eigenvalue weighted by Crippen LogP contribution is -2.11. The number of Topliss-reactive ketones (excluding diaryl/α,β-unsaturated/α-hetero) is 1. The maximum absolute atomic E-state index is 12.4. The fraction of sp³-hybridized carbons (Fsp3) is 0.391. The van der Waals surface area contributed by atoms with E-state index in [2.05, 4.69) is 0 Å². The van der Waals surface area contributed by atoms with Crippen LogP contribution in [0.4, 0.5) is 0 Å². The van der Waals surface area contributed by atoms with Crippen molar-refractivity contribution in [1.82, 2.24) is 0 Å². The summed E-state index contributed by atoms with van der Waals surface area (Å²) in [6, 6.07) is 12.1. The number of hydrogen-bond donors (Lipinski definition) is 1. The van der Waals surface area contributed by atoms with Gasteiger partial charge >= 0.3 is 21.2 Å². The largest absolute Gasteiger partial charge is 0.478 e. The van der Waals surface area contributed by atoms with Crippen LogP contribution in [0.25, 0.3) is 0 Å². The third kappa shape index (κ3) is 8.58. The van der Waals surface area contributed by atoms with E-state index >= 15 is 0 Å². The van der Waals surface area contributed by atoms with Crippen molar-refractivity contribution in [3.8, 4) is 0 Å². The zero-order valence-electron chi connectivity index (χ0n) is 20.1. The number of rotatable bonds is 12. The van der Waals surface area contributed by atoms with Gasteiger partial charge < -0.3 is 23.2 Å². The SMILES string of the molecule is CCOP(=O)(OCC)c1ccc(C(=O)O)cc1.CCOP(=O)(OCC)c1ccc(C(C)=O)cc1. The van der Waals surface area contributed by atoms with E-state index in [1.165, 1.54) is 31.2 Å². The molecule has 0 radical (unpaired) electrons. The molecule has 0 aliphatic carbocycles. The van der Waals surface area contributed by atoms with Gasteiger partial charge in [-0.05, 0) is 71.0 Å². The minimum absolute atomic E-state index is 0.0285. The predicted molar refractivity (Wildman–Crippen MR) is 131 cm³/mol. The number of carboxylic acids is 1. The molecule has 0 heterocycles. The fourth-order valence-electron chi connectivity index (χ4n) is 2.72. The molecule has 34 heavy (non-hydrogen) atoms. The van der Waals surface area contributed by atoms with Crippen LogP contribution in [0.15, 0.2) is 48.5 Å².